The average Bonchev–Trinajstić information content (AvgIpc) is 3.19. The highest BCUT2D eigenvalue weighted by atomic mass is 15.0. The zero-order chi connectivity index (χ0) is 19.4. The molecule has 2 nitrogen and oxygen atoms in total. The largest absolute Gasteiger partial charge is 0.344 e. The molecule has 126 valence electrons. The van der Waals surface area contributed by atoms with Crippen LogP contribution in [0.25, 0.3) is 59.9 Å². The van der Waals surface area contributed by atoms with Crippen molar-refractivity contribution < 1.29 is 2.74 Å². The van der Waals surface area contributed by atoms with E-state index in [9.17, 15) is 0 Å². The fraction of sp³-hybridized carbons (Fsp3) is 0.0400. The van der Waals surface area contributed by atoms with E-state index in [2.05, 4.69) is 64.5 Å². The lowest BCUT2D eigenvalue weighted by atomic mass is 10.0. The van der Waals surface area contributed by atoms with Gasteiger partial charge in [-0.05, 0) is 29.7 Å². The predicted molar refractivity (Wildman–Crippen MR) is 115 cm³/mol. The molecule has 0 radical (unpaired) electrons. The van der Waals surface area contributed by atoms with E-state index in [0.717, 1.165) is 32.7 Å². The molecule has 0 fully saturated rings. The second kappa shape index (κ2) is 4.41. The number of benzene rings is 4. The Balaban J connectivity index is 2.06. The number of hydrogen-bond donors (Lipinski definition) is 0. The van der Waals surface area contributed by atoms with Gasteiger partial charge in [0.05, 0.1) is 24.8 Å². The van der Waals surface area contributed by atoms with Crippen LogP contribution in [-0.2, 0) is 7.05 Å². The minimum Gasteiger partial charge on any atom is -0.344 e. The first kappa shape index (κ1) is 12.0. The van der Waals surface area contributed by atoms with Crippen LogP contribution in [0.15, 0.2) is 78.8 Å². The van der Waals surface area contributed by atoms with E-state index in [4.69, 9.17) is 2.74 Å². The van der Waals surface area contributed by atoms with E-state index in [1.165, 1.54) is 27.2 Å². The molecule has 7 aromatic rings. The summed E-state index contributed by atoms with van der Waals surface area (Å²) in [6.07, 6.45) is 0. The molecule has 0 atom stereocenters. The molecule has 0 aliphatic heterocycles. The maximum atomic E-state index is 8.67. The molecule has 0 bridgehead atoms. The molecule has 0 spiro atoms. The Hall–Kier alpha value is -3.52. The summed E-state index contributed by atoms with van der Waals surface area (Å²) in [5, 5.41) is 6.54. The molecule has 0 saturated carbocycles. The summed E-state index contributed by atoms with van der Waals surface area (Å²) in [5.41, 5.74) is 5.55. The lowest BCUT2D eigenvalue weighted by molar-refractivity contribution is 1.01. The van der Waals surface area contributed by atoms with Gasteiger partial charge >= 0.3 is 0 Å². The SMILES string of the molecule is [2H]c1cccc2c1c1c([2H])ccc3c4cccc5c4c4c(cccc4n2c31)n5C. The van der Waals surface area contributed by atoms with Crippen LogP contribution in [0.1, 0.15) is 2.74 Å². The van der Waals surface area contributed by atoms with E-state index in [1.807, 2.05) is 18.2 Å². The first-order valence-electron chi connectivity index (χ1n) is 10.2. The first-order valence-corrected chi connectivity index (χ1v) is 9.21. The van der Waals surface area contributed by atoms with E-state index in [-0.39, 0.29) is 0 Å². The third kappa shape index (κ3) is 1.42. The fourth-order valence-electron chi connectivity index (χ4n) is 5.00. The lowest BCUT2D eigenvalue weighted by Crippen LogP contribution is -1.88. The van der Waals surface area contributed by atoms with Gasteiger partial charge in [-0.15, -0.1) is 0 Å². The minimum absolute atomic E-state index is 0.469. The summed E-state index contributed by atoms with van der Waals surface area (Å²) < 4.78 is 21.8. The zero-order valence-corrected chi connectivity index (χ0v) is 14.7. The van der Waals surface area contributed by atoms with Crippen LogP contribution in [0, 0.1) is 0 Å². The van der Waals surface area contributed by atoms with Gasteiger partial charge in [0.25, 0.3) is 0 Å². The summed E-state index contributed by atoms with van der Waals surface area (Å²) in [5.74, 6) is 0. The van der Waals surface area contributed by atoms with Crippen LogP contribution in [-0.4, -0.2) is 8.97 Å². The molecular weight excluding hydrogens is 328 g/mol. The third-order valence-corrected chi connectivity index (χ3v) is 6.08. The first-order chi connectivity index (χ1) is 14.2. The van der Waals surface area contributed by atoms with Crippen LogP contribution < -0.4 is 0 Å². The quantitative estimate of drug-likeness (QED) is 0.297. The van der Waals surface area contributed by atoms with Crippen molar-refractivity contribution in [3.05, 3.63) is 78.8 Å². The number of nitrogens with zero attached hydrogens (tertiary/aromatic N) is 2. The van der Waals surface area contributed by atoms with Gasteiger partial charge in [0.15, 0.2) is 0 Å². The van der Waals surface area contributed by atoms with Crippen molar-refractivity contribution in [1.29, 1.82) is 0 Å². The Morgan fingerprint density at radius 3 is 2.22 bits per heavy atom. The number of fused-ring (bicyclic) bond motifs is 5. The maximum Gasteiger partial charge on any atom is 0.0630 e. The van der Waals surface area contributed by atoms with Crippen LogP contribution >= 0.6 is 0 Å². The molecule has 3 aromatic heterocycles. The molecule has 0 N–H and O–H groups in total. The van der Waals surface area contributed by atoms with Crippen LogP contribution in [0.5, 0.6) is 0 Å². The van der Waals surface area contributed by atoms with Crippen molar-refractivity contribution in [1.82, 2.24) is 8.97 Å². The molecule has 27 heavy (non-hydrogen) atoms. The Morgan fingerprint density at radius 1 is 0.593 bits per heavy atom. The Bertz CT molecular complexity index is 1790. The third-order valence-electron chi connectivity index (χ3n) is 6.08. The van der Waals surface area contributed by atoms with Crippen molar-refractivity contribution in [2.75, 3.05) is 0 Å². The topological polar surface area (TPSA) is 9.34 Å². The summed E-state index contributed by atoms with van der Waals surface area (Å²) in [6.45, 7) is 0. The highest BCUT2D eigenvalue weighted by Gasteiger charge is 2.19. The van der Waals surface area contributed by atoms with Gasteiger partial charge in [-0.25, -0.2) is 0 Å². The zero-order valence-electron chi connectivity index (χ0n) is 16.7. The Kier molecular flexibility index (Phi) is 1.96. The van der Waals surface area contributed by atoms with Crippen molar-refractivity contribution in [2.45, 2.75) is 0 Å². The molecule has 3 heterocycles. The number of aryl methyl sites for hydroxylation is 1. The highest BCUT2D eigenvalue weighted by Crippen LogP contribution is 2.42. The van der Waals surface area contributed by atoms with Gasteiger partial charge in [-0.1, -0.05) is 54.5 Å². The van der Waals surface area contributed by atoms with E-state index in [1.54, 1.807) is 0 Å². The maximum absolute atomic E-state index is 8.67. The molecule has 0 aliphatic rings. The van der Waals surface area contributed by atoms with Crippen molar-refractivity contribution in [3.8, 4) is 0 Å². The second-order valence-electron chi connectivity index (χ2n) is 7.31. The summed E-state index contributed by atoms with van der Waals surface area (Å²) in [4.78, 5) is 0. The summed E-state index contributed by atoms with van der Waals surface area (Å²) >= 11 is 0. The molecule has 0 aliphatic carbocycles. The molecule has 0 unspecified atom stereocenters. The Labute approximate surface area is 158 Å². The van der Waals surface area contributed by atoms with Gasteiger partial charge in [0, 0.05) is 39.5 Å². The van der Waals surface area contributed by atoms with Crippen molar-refractivity contribution in [2.24, 2.45) is 7.05 Å². The minimum atomic E-state index is 0.469. The molecule has 2 heteroatoms. The normalized spacial score (nSPS) is 13.7. The van der Waals surface area contributed by atoms with Crippen LogP contribution in [0.2, 0.25) is 0 Å². The monoisotopic (exact) mass is 346 g/mol. The molecule has 0 saturated heterocycles. The number of para-hydroxylation sites is 2. The summed E-state index contributed by atoms with van der Waals surface area (Å²) in [7, 11) is 2.12. The van der Waals surface area contributed by atoms with E-state index in [0.29, 0.717) is 12.1 Å². The average molecular weight is 346 g/mol. The summed E-state index contributed by atoms with van der Waals surface area (Å²) in [6, 6.07) is 23.7. The standard InChI is InChI=1S/C25H16N2/c1-26-20-12-5-8-16-18-10-4-9-17-15-7-2-3-11-19(15)27(25(17)18)22-14-6-13-21(26)24(22)23(16)20/h2-14H,1H3/i7D,9D. The van der Waals surface area contributed by atoms with Gasteiger partial charge in [-0.3, -0.25) is 0 Å². The van der Waals surface area contributed by atoms with Gasteiger partial charge in [-0.2, -0.15) is 0 Å². The molecule has 4 aromatic carbocycles. The van der Waals surface area contributed by atoms with Crippen molar-refractivity contribution >= 4 is 59.9 Å². The lowest BCUT2D eigenvalue weighted by Gasteiger charge is -2.03. The van der Waals surface area contributed by atoms with Crippen LogP contribution in [0.4, 0.5) is 0 Å². The highest BCUT2D eigenvalue weighted by molar-refractivity contribution is 6.30. The number of aromatic nitrogens is 2. The Morgan fingerprint density at radius 2 is 1.30 bits per heavy atom. The van der Waals surface area contributed by atoms with Gasteiger partial charge in [0.2, 0.25) is 0 Å². The van der Waals surface area contributed by atoms with E-state index < -0.39 is 0 Å². The molecule has 7 rings (SSSR count). The van der Waals surface area contributed by atoms with Gasteiger partial charge < -0.3 is 8.97 Å². The molecular formula is C25H16N2. The van der Waals surface area contributed by atoms with Gasteiger partial charge in [0.1, 0.15) is 0 Å². The smallest absolute Gasteiger partial charge is 0.0630 e. The number of hydrogen-bond acceptors (Lipinski definition) is 0. The van der Waals surface area contributed by atoms with E-state index >= 15 is 0 Å². The number of rotatable bonds is 0. The predicted octanol–water partition coefficient (Wildman–Crippen LogP) is 6.48. The fourth-order valence-corrected chi connectivity index (χ4v) is 5.00. The molecule has 0 amide bonds. The van der Waals surface area contributed by atoms with Crippen LogP contribution in [0.3, 0.4) is 0 Å². The second-order valence-corrected chi connectivity index (χ2v) is 7.31. The van der Waals surface area contributed by atoms with Crippen molar-refractivity contribution in [3.63, 3.8) is 0 Å².